The quantitative estimate of drug-likeness (QED) is 0.416. The third-order valence-electron chi connectivity index (χ3n) is 5.67. The highest BCUT2D eigenvalue weighted by Gasteiger charge is 2.21. The molecule has 2 aliphatic rings. The Kier molecular flexibility index (Phi) is 5.17. The fourth-order valence-electron chi connectivity index (χ4n) is 3.94. The molecular weight excluding hydrogens is 424 g/mol. The maximum atomic E-state index is 13.1. The Morgan fingerprint density at radius 2 is 2.03 bits per heavy atom. The van der Waals surface area contributed by atoms with Crippen molar-refractivity contribution in [1.29, 1.82) is 0 Å². The number of amides is 2. The third-order valence-corrected chi connectivity index (χ3v) is 5.67. The van der Waals surface area contributed by atoms with E-state index in [0.29, 0.717) is 54.6 Å². The normalized spacial score (nSPS) is 14.2. The van der Waals surface area contributed by atoms with Crippen LogP contribution in [0.2, 0.25) is 0 Å². The zero-order valence-electron chi connectivity index (χ0n) is 17.9. The number of hydrogen-bond donors (Lipinski definition) is 5. The number of nitrogens with one attached hydrogen (secondary N) is 5. The summed E-state index contributed by atoms with van der Waals surface area (Å²) >= 11 is 0. The maximum Gasteiger partial charge on any atom is 0.263 e. The first-order valence-electron chi connectivity index (χ1n) is 10.6. The first kappa shape index (κ1) is 20.6. The summed E-state index contributed by atoms with van der Waals surface area (Å²) in [5, 5.41) is 12.0. The van der Waals surface area contributed by atoms with E-state index in [1.165, 1.54) is 6.20 Å². The molecule has 2 aromatic heterocycles. The number of H-pyrrole nitrogens is 1. The van der Waals surface area contributed by atoms with Gasteiger partial charge >= 0.3 is 0 Å². The van der Waals surface area contributed by atoms with E-state index in [4.69, 9.17) is 4.74 Å². The van der Waals surface area contributed by atoms with Gasteiger partial charge in [-0.05, 0) is 37.1 Å². The number of fused-ring (bicyclic) bond motifs is 2. The van der Waals surface area contributed by atoms with Gasteiger partial charge in [0.15, 0.2) is 0 Å². The van der Waals surface area contributed by atoms with Crippen LogP contribution in [0.4, 0.5) is 28.4 Å². The number of anilines is 5. The number of carbonyl (C=O) groups excluding carboxylic acids is 2. The summed E-state index contributed by atoms with van der Waals surface area (Å²) in [5.74, 6) is -0.120. The maximum absolute atomic E-state index is 13.1. The standard InChI is InChI=1S/C23H22N6O4/c1-12-17(11-26-23-20(12)24-8-9-33-23)28-15-6-7-25-21(31)19(15)22(32)27-14-4-2-13-3-5-18(30)29-16(13)10-14/h2,4,6-7,10-11,24H,3,5,8-9H2,1H3,(H,27,32)(H,29,30)(H2,25,28,31). The van der Waals surface area contributed by atoms with Gasteiger partial charge in [-0.15, -0.1) is 0 Å². The minimum Gasteiger partial charge on any atom is -0.474 e. The van der Waals surface area contributed by atoms with E-state index in [1.807, 2.05) is 13.0 Å². The topological polar surface area (TPSA) is 137 Å². The first-order valence-corrected chi connectivity index (χ1v) is 10.6. The first-order chi connectivity index (χ1) is 16.0. The van der Waals surface area contributed by atoms with Gasteiger partial charge in [-0.1, -0.05) is 6.07 Å². The molecule has 2 aliphatic heterocycles. The van der Waals surface area contributed by atoms with Crippen molar-refractivity contribution in [1.82, 2.24) is 9.97 Å². The molecule has 5 rings (SSSR count). The largest absolute Gasteiger partial charge is 0.474 e. The minimum atomic E-state index is -0.577. The van der Waals surface area contributed by atoms with Crippen LogP contribution in [0.5, 0.6) is 5.88 Å². The summed E-state index contributed by atoms with van der Waals surface area (Å²) in [6, 6.07) is 6.92. The summed E-state index contributed by atoms with van der Waals surface area (Å²) in [6.45, 7) is 3.11. The monoisotopic (exact) mass is 446 g/mol. The molecule has 0 bridgehead atoms. The van der Waals surface area contributed by atoms with E-state index < -0.39 is 11.5 Å². The number of aromatic nitrogens is 2. The molecule has 5 N–H and O–H groups in total. The molecule has 0 unspecified atom stereocenters. The lowest BCUT2D eigenvalue weighted by molar-refractivity contribution is -0.116. The van der Waals surface area contributed by atoms with E-state index in [-0.39, 0.29) is 11.5 Å². The van der Waals surface area contributed by atoms with E-state index in [0.717, 1.165) is 16.8 Å². The van der Waals surface area contributed by atoms with Crippen molar-refractivity contribution in [2.24, 2.45) is 0 Å². The molecule has 1 aromatic carbocycles. The summed E-state index contributed by atoms with van der Waals surface area (Å²) in [5.41, 5.74) is 4.15. The molecule has 168 valence electrons. The van der Waals surface area contributed by atoms with Crippen LogP contribution >= 0.6 is 0 Å². The zero-order valence-corrected chi connectivity index (χ0v) is 17.9. The molecule has 0 fully saturated rings. The molecule has 0 aliphatic carbocycles. The number of rotatable bonds is 4. The molecule has 0 radical (unpaired) electrons. The van der Waals surface area contributed by atoms with Crippen molar-refractivity contribution in [2.45, 2.75) is 19.8 Å². The van der Waals surface area contributed by atoms with Crippen molar-refractivity contribution in [3.63, 3.8) is 0 Å². The Balaban J connectivity index is 1.43. The molecular formula is C23H22N6O4. The molecule has 0 atom stereocenters. The highest BCUT2D eigenvalue weighted by Crippen LogP contribution is 2.34. The van der Waals surface area contributed by atoms with Crippen LogP contribution in [0.15, 0.2) is 41.5 Å². The van der Waals surface area contributed by atoms with Gasteiger partial charge in [-0.25, -0.2) is 4.98 Å². The lowest BCUT2D eigenvalue weighted by Gasteiger charge is -2.22. The Bertz CT molecular complexity index is 1330. The van der Waals surface area contributed by atoms with E-state index >= 15 is 0 Å². The SMILES string of the molecule is Cc1c(Nc2cc[nH]c(=O)c2C(=O)Nc2ccc3c(c2)NC(=O)CC3)cnc2c1NCCO2. The van der Waals surface area contributed by atoms with Gasteiger partial charge in [-0.2, -0.15) is 0 Å². The van der Waals surface area contributed by atoms with Crippen molar-refractivity contribution < 1.29 is 14.3 Å². The fraction of sp³-hybridized carbons (Fsp3) is 0.217. The molecule has 2 amide bonds. The summed E-state index contributed by atoms with van der Waals surface area (Å²) in [4.78, 5) is 44.2. The summed E-state index contributed by atoms with van der Waals surface area (Å²) in [7, 11) is 0. The number of carbonyl (C=O) groups is 2. The Hall–Kier alpha value is -4.34. The third kappa shape index (κ3) is 3.98. The minimum absolute atomic E-state index is 0.0640. The van der Waals surface area contributed by atoms with E-state index in [1.54, 1.807) is 24.4 Å². The van der Waals surface area contributed by atoms with Crippen LogP contribution in [-0.4, -0.2) is 34.9 Å². The van der Waals surface area contributed by atoms with Crippen LogP contribution in [0.25, 0.3) is 0 Å². The second-order valence-corrected chi connectivity index (χ2v) is 7.85. The zero-order chi connectivity index (χ0) is 22.9. The molecule has 0 saturated heterocycles. The van der Waals surface area contributed by atoms with Crippen molar-refractivity contribution in [3.05, 3.63) is 63.7 Å². The molecule has 10 heteroatoms. The van der Waals surface area contributed by atoms with E-state index in [2.05, 4.69) is 31.2 Å². The second kappa shape index (κ2) is 8.30. The second-order valence-electron chi connectivity index (χ2n) is 7.85. The molecule has 4 heterocycles. The van der Waals surface area contributed by atoms with Crippen LogP contribution < -0.4 is 31.6 Å². The van der Waals surface area contributed by atoms with Gasteiger partial charge in [0.2, 0.25) is 11.8 Å². The van der Waals surface area contributed by atoms with Crippen LogP contribution in [0.3, 0.4) is 0 Å². The van der Waals surface area contributed by atoms with E-state index in [9.17, 15) is 14.4 Å². The van der Waals surface area contributed by atoms with Gasteiger partial charge in [0.1, 0.15) is 17.9 Å². The molecule has 3 aromatic rings. The van der Waals surface area contributed by atoms with Crippen molar-refractivity contribution >= 4 is 40.3 Å². The van der Waals surface area contributed by atoms with Gasteiger partial charge in [-0.3, -0.25) is 14.4 Å². The number of hydrogen-bond acceptors (Lipinski definition) is 7. The number of pyridine rings is 2. The Morgan fingerprint density at radius 3 is 2.91 bits per heavy atom. The highest BCUT2D eigenvalue weighted by molar-refractivity contribution is 6.08. The Labute approximate surface area is 188 Å². The number of nitrogens with zero attached hydrogens (tertiary/aromatic N) is 1. The van der Waals surface area contributed by atoms with Crippen LogP contribution in [-0.2, 0) is 11.2 Å². The lowest BCUT2D eigenvalue weighted by atomic mass is 10.0. The summed E-state index contributed by atoms with van der Waals surface area (Å²) in [6.07, 6.45) is 4.16. The van der Waals surface area contributed by atoms with Crippen LogP contribution in [0, 0.1) is 6.92 Å². The molecule has 0 saturated carbocycles. The van der Waals surface area contributed by atoms with Gasteiger partial charge in [0, 0.05) is 36.1 Å². The number of aryl methyl sites for hydroxylation is 1. The van der Waals surface area contributed by atoms with Crippen molar-refractivity contribution in [2.75, 3.05) is 34.4 Å². The van der Waals surface area contributed by atoms with Gasteiger partial charge in [0.25, 0.3) is 11.5 Å². The number of aromatic amines is 1. The number of benzene rings is 1. The fourth-order valence-corrected chi connectivity index (χ4v) is 3.94. The predicted molar refractivity (Wildman–Crippen MR) is 125 cm³/mol. The average molecular weight is 446 g/mol. The molecule has 10 nitrogen and oxygen atoms in total. The van der Waals surface area contributed by atoms with Gasteiger partial charge in [0.05, 0.1) is 17.6 Å². The predicted octanol–water partition coefficient (Wildman–Crippen LogP) is 2.76. The lowest BCUT2D eigenvalue weighted by Crippen LogP contribution is -2.25. The summed E-state index contributed by atoms with van der Waals surface area (Å²) < 4.78 is 5.56. The highest BCUT2D eigenvalue weighted by atomic mass is 16.5. The van der Waals surface area contributed by atoms with Crippen LogP contribution in [0.1, 0.15) is 27.9 Å². The smallest absolute Gasteiger partial charge is 0.263 e. The molecule has 0 spiro atoms. The van der Waals surface area contributed by atoms with Gasteiger partial charge < -0.3 is 31.0 Å². The molecule has 33 heavy (non-hydrogen) atoms. The Morgan fingerprint density at radius 1 is 1.15 bits per heavy atom. The van der Waals surface area contributed by atoms with Crippen molar-refractivity contribution in [3.8, 4) is 5.88 Å². The average Bonchev–Trinajstić information content (AvgIpc) is 2.81. The number of ether oxygens (including phenoxy) is 1.